The van der Waals surface area contributed by atoms with Gasteiger partial charge in [0.1, 0.15) is 5.70 Å². The van der Waals surface area contributed by atoms with E-state index in [9.17, 15) is 4.79 Å². The van der Waals surface area contributed by atoms with Gasteiger partial charge < -0.3 is 15.5 Å². The quantitative estimate of drug-likeness (QED) is 0.581. The van der Waals surface area contributed by atoms with Crippen molar-refractivity contribution in [3.8, 4) is 0 Å². The molecule has 5 rings (SSSR count). The average Bonchev–Trinajstić information content (AvgIpc) is 3.24. The summed E-state index contributed by atoms with van der Waals surface area (Å²) in [6, 6.07) is 19.2. The van der Waals surface area contributed by atoms with E-state index < -0.39 is 0 Å². The van der Waals surface area contributed by atoms with Crippen molar-refractivity contribution in [2.75, 3.05) is 42.5 Å². The maximum atomic E-state index is 11.8. The molecule has 1 saturated heterocycles. The number of benzene rings is 2. The smallest absolute Gasteiger partial charge is 0.265 e. The van der Waals surface area contributed by atoms with E-state index in [1.807, 2.05) is 17.2 Å². The predicted octanol–water partition coefficient (Wildman–Crippen LogP) is 4.13. The fourth-order valence-corrected chi connectivity index (χ4v) is 5.79. The normalized spacial score (nSPS) is 19.0. The molecule has 34 heavy (non-hydrogen) atoms. The molecule has 1 amide bonds. The van der Waals surface area contributed by atoms with E-state index >= 15 is 0 Å². The molecule has 2 aliphatic heterocycles. The minimum Gasteiger partial charge on any atom is -0.368 e. The first kappa shape index (κ1) is 22.7. The van der Waals surface area contributed by atoms with Crippen molar-refractivity contribution in [3.05, 3.63) is 77.0 Å². The van der Waals surface area contributed by atoms with Crippen molar-refractivity contribution in [1.82, 2.24) is 9.88 Å². The number of hydrogen-bond donors (Lipinski definition) is 1. The van der Waals surface area contributed by atoms with Crippen LogP contribution in [0.15, 0.2) is 65.7 Å². The topological polar surface area (TPSA) is 65.7 Å². The Balaban J connectivity index is 1.20. The van der Waals surface area contributed by atoms with Crippen molar-refractivity contribution < 1.29 is 4.79 Å². The first-order valence-electron chi connectivity index (χ1n) is 11.9. The standard InChI is InChI=1S/C27H31N5OS/c1-19-9-10-23-24(29-19)7-4-8-25(23)31-15-13-30(14-16-31)12-11-21-5-3-6-22(17-21)32-20(2)34-18-26(32)27(28)33/h3-10,17-18,20H,11-16H2,1-2H3,(H2,28,33). The Morgan fingerprint density at radius 1 is 1.09 bits per heavy atom. The molecule has 2 N–H and O–H groups in total. The summed E-state index contributed by atoms with van der Waals surface area (Å²) in [5.41, 5.74) is 11.9. The molecule has 1 fully saturated rings. The number of amides is 1. The highest BCUT2D eigenvalue weighted by atomic mass is 32.2. The second-order valence-electron chi connectivity index (χ2n) is 9.02. The van der Waals surface area contributed by atoms with Gasteiger partial charge in [-0.3, -0.25) is 14.7 Å². The van der Waals surface area contributed by atoms with E-state index in [0.29, 0.717) is 5.70 Å². The van der Waals surface area contributed by atoms with E-state index in [4.69, 9.17) is 10.7 Å². The van der Waals surface area contributed by atoms with Crippen LogP contribution in [0, 0.1) is 6.92 Å². The highest BCUT2D eigenvalue weighted by Gasteiger charge is 2.28. The van der Waals surface area contributed by atoms with E-state index in [-0.39, 0.29) is 11.3 Å². The van der Waals surface area contributed by atoms with Crippen LogP contribution >= 0.6 is 11.8 Å². The molecule has 0 saturated carbocycles. The molecular formula is C27H31N5OS. The predicted molar refractivity (Wildman–Crippen MR) is 142 cm³/mol. The summed E-state index contributed by atoms with van der Waals surface area (Å²) in [4.78, 5) is 23.6. The molecule has 0 radical (unpaired) electrons. The molecule has 7 heteroatoms. The molecule has 0 aliphatic carbocycles. The first-order chi connectivity index (χ1) is 16.5. The number of primary amides is 1. The van der Waals surface area contributed by atoms with Crippen LogP contribution < -0.4 is 15.5 Å². The number of nitrogens with zero attached hydrogens (tertiary/aromatic N) is 4. The van der Waals surface area contributed by atoms with Gasteiger partial charge >= 0.3 is 0 Å². The maximum absolute atomic E-state index is 11.8. The van der Waals surface area contributed by atoms with E-state index in [2.05, 4.69) is 71.3 Å². The van der Waals surface area contributed by atoms with Crippen molar-refractivity contribution in [1.29, 1.82) is 0 Å². The molecule has 3 aromatic rings. The highest BCUT2D eigenvalue weighted by Crippen LogP contribution is 2.35. The summed E-state index contributed by atoms with van der Waals surface area (Å²) < 4.78 is 0. The fourth-order valence-electron chi connectivity index (χ4n) is 4.88. The molecule has 2 aromatic carbocycles. The number of aromatic nitrogens is 1. The lowest BCUT2D eigenvalue weighted by atomic mass is 10.1. The van der Waals surface area contributed by atoms with Gasteiger partial charge in [0.25, 0.3) is 5.91 Å². The minimum absolute atomic E-state index is 0.166. The van der Waals surface area contributed by atoms with E-state index in [1.165, 1.54) is 16.6 Å². The molecule has 176 valence electrons. The van der Waals surface area contributed by atoms with E-state index in [0.717, 1.165) is 56.0 Å². The number of hydrogen-bond acceptors (Lipinski definition) is 6. The molecule has 2 aliphatic rings. The van der Waals surface area contributed by atoms with Crippen LogP contribution in [0.1, 0.15) is 18.2 Å². The van der Waals surface area contributed by atoms with Gasteiger partial charge in [-0.05, 0) is 62.2 Å². The van der Waals surface area contributed by atoms with Crippen LogP contribution in [-0.2, 0) is 11.2 Å². The molecule has 1 atom stereocenters. The first-order valence-corrected chi connectivity index (χ1v) is 12.8. The van der Waals surface area contributed by atoms with Crippen molar-refractivity contribution in [2.24, 2.45) is 5.73 Å². The lowest BCUT2D eigenvalue weighted by Gasteiger charge is -2.36. The molecule has 6 nitrogen and oxygen atoms in total. The molecule has 1 unspecified atom stereocenters. The van der Waals surface area contributed by atoms with Gasteiger partial charge in [0.15, 0.2) is 0 Å². The number of thioether (sulfide) groups is 1. The van der Waals surface area contributed by atoms with Crippen LogP contribution in [0.5, 0.6) is 0 Å². The Kier molecular flexibility index (Phi) is 6.48. The summed E-state index contributed by atoms with van der Waals surface area (Å²) in [6.45, 7) is 9.28. The Hall–Kier alpha value is -3.03. The molecule has 0 bridgehead atoms. The van der Waals surface area contributed by atoms with Crippen LogP contribution in [-0.4, -0.2) is 53.9 Å². The Labute approximate surface area is 205 Å². The summed E-state index contributed by atoms with van der Waals surface area (Å²) in [6.07, 6.45) is 0.982. The summed E-state index contributed by atoms with van der Waals surface area (Å²) >= 11 is 1.62. The monoisotopic (exact) mass is 473 g/mol. The Morgan fingerprint density at radius 2 is 1.88 bits per heavy atom. The number of nitrogens with two attached hydrogens (primary N) is 1. The van der Waals surface area contributed by atoms with Gasteiger partial charge in [-0.1, -0.05) is 18.2 Å². The SMILES string of the molecule is Cc1ccc2c(N3CCN(CCc4cccc(N5C(C(N)=O)=CSC5C)c4)CC3)cccc2n1. The van der Waals surface area contributed by atoms with Crippen molar-refractivity contribution in [2.45, 2.75) is 25.6 Å². The largest absolute Gasteiger partial charge is 0.368 e. The third kappa shape index (κ3) is 4.63. The number of rotatable bonds is 6. The molecule has 0 spiro atoms. The fraction of sp³-hybridized carbons (Fsp3) is 0.333. The number of pyridine rings is 1. The van der Waals surface area contributed by atoms with Crippen molar-refractivity contribution in [3.63, 3.8) is 0 Å². The zero-order chi connectivity index (χ0) is 23.7. The van der Waals surface area contributed by atoms with Crippen LogP contribution in [0.25, 0.3) is 10.9 Å². The number of piperazine rings is 1. The number of aryl methyl sites for hydroxylation is 1. The van der Waals surface area contributed by atoms with Crippen molar-refractivity contribution >= 4 is 39.9 Å². The third-order valence-electron chi connectivity index (χ3n) is 6.72. The van der Waals surface area contributed by atoms with Gasteiger partial charge in [0.05, 0.1) is 10.9 Å². The average molecular weight is 474 g/mol. The Morgan fingerprint density at radius 3 is 2.68 bits per heavy atom. The van der Waals surface area contributed by atoms with Crippen LogP contribution in [0.2, 0.25) is 0 Å². The third-order valence-corrected chi connectivity index (χ3v) is 7.68. The number of carbonyl (C=O) groups is 1. The maximum Gasteiger partial charge on any atom is 0.265 e. The van der Waals surface area contributed by atoms with Gasteiger partial charge in [-0.15, -0.1) is 11.8 Å². The second-order valence-corrected chi connectivity index (χ2v) is 10.2. The summed E-state index contributed by atoms with van der Waals surface area (Å²) in [7, 11) is 0. The highest BCUT2D eigenvalue weighted by molar-refractivity contribution is 8.03. The van der Waals surface area contributed by atoms with Gasteiger partial charge in [-0.2, -0.15) is 0 Å². The molecule has 1 aromatic heterocycles. The molecular weight excluding hydrogens is 442 g/mol. The van der Waals surface area contributed by atoms with Gasteiger partial charge in [-0.25, -0.2) is 0 Å². The minimum atomic E-state index is -0.378. The Bertz CT molecular complexity index is 1230. The lowest BCUT2D eigenvalue weighted by Crippen LogP contribution is -2.47. The zero-order valence-corrected chi connectivity index (χ0v) is 20.6. The number of carbonyl (C=O) groups excluding carboxylic acids is 1. The van der Waals surface area contributed by atoms with Crippen LogP contribution in [0.3, 0.4) is 0 Å². The lowest BCUT2D eigenvalue weighted by molar-refractivity contribution is -0.114. The second kappa shape index (κ2) is 9.68. The summed E-state index contributed by atoms with van der Waals surface area (Å²) in [5.74, 6) is -0.378. The number of fused-ring (bicyclic) bond motifs is 1. The van der Waals surface area contributed by atoms with Gasteiger partial charge in [0.2, 0.25) is 0 Å². The van der Waals surface area contributed by atoms with E-state index in [1.54, 1.807) is 11.8 Å². The van der Waals surface area contributed by atoms with Gasteiger partial charge in [0, 0.05) is 60.6 Å². The van der Waals surface area contributed by atoms with Crippen LogP contribution in [0.4, 0.5) is 11.4 Å². The molecule has 3 heterocycles. The summed E-state index contributed by atoms with van der Waals surface area (Å²) in [5, 5.41) is 3.27. The number of anilines is 2. The zero-order valence-electron chi connectivity index (χ0n) is 19.8.